The van der Waals surface area contributed by atoms with E-state index in [9.17, 15) is 0 Å². The third-order valence-corrected chi connectivity index (χ3v) is 3.66. The molecule has 4 rings (SSSR count). The summed E-state index contributed by atoms with van der Waals surface area (Å²) in [6, 6.07) is 28.5. The van der Waals surface area contributed by atoms with Crippen LogP contribution in [0, 0.1) is 0 Å². The monoisotopic (exact) mass is 286 g/mol. The Labute approximate surface area is 130 Å². The molecule has 0 atom stereocenters. The first kappa shape index (κ1) is 14.0. The Balaban J connectivity index is 0.000000133. The molecule has 0 saturated carbocycles. The number of hydrogen-bond acceptors (Lipinski definition) is 2. The van der Waals surface area contributed by atoms with Crippen LogP contribution >= 0.6 is 0 Å². The lowest BCUT2D eigenvalue weighted by molar-refractivity contribution is 1.71. The number of hydrogen-bond donors (Lipinski definition) is 2. The van der Waals surface area contributed by atoms with Crippen LogP contribution < -0.4 is 11.5 Å². The Hall–Kier alpha value is -3.00. The zero-order chi connectivity index (χ0) is 15.4. The van der Waals surface area contributed by atoms with Gasteiger partial charge in [-0.15, -0.1) is 0 Å². The van der Waals surface area contributed by atoms with Gasteiger partial charge in [0.15, 0.2) is 0 Å². The second-order valence-electron chi connectivity index (χ2n) is 5.14. The van der Waals surface area contributed by atoms with Crippen LogP contribution in [0.1, 0.15) is 0 Å². The van der Waals surface area contributed by atoms with E-state index in [1.54, 1.807) is 0 Å². The van der Waals surface area contributed by atoms with Crippen molar-refractivity contribution in [1.29, 1.82) is 0 Å². The van der Waals surface area contributed by atoms with Crippen molar-refractivity contribution in [2.75, 3.05) is 11.5 Å². The SMILES string of the molecule is Nc1ccc2ccccc2c1N.c1ccc2ccccc2c1. The Morgan fingerprint density at radius 3 is 1.45 bits per heavy atom. The predicted molar refractivity (Wildman–Crippen MR) is 96.7 cm³/mol. The van der Waals surface area contributed by atoms with Crippen molar-refractivity contribution in [3.8, 4) is 0 Å². The average molecular weight is 286 g/mol. The van der Waals surface area contributed by atoms with Gasteiger partial charge >= 0.3 is 0 Å². The van der Waals surface area contributed by atoms with Gasteiger partial charge in [-0.3, -0.25) is 0 Å². The van der Waals surface area contributed by atoms with Crippen LogP contribution in [0.4, 0.5) is 11.4 Å². The summed E-state index contributed by atoms with van der Waals surface area (Å²) in [7, 11) is 0. The average Bonchev–Trinajstić information content (AvgIpc) is 2.59. The van der Waals surface area contributed by atoms with Crippen molar-refractivity contribution in [1.82, 2.24) is 0 Å². The molecule has 22 heavy (non-hydrogen) atoms. The molecular weight excluding hydrogens is 268 g/mol. The van der Waals surface area contributed by atoms with Crippen molar-refractivity contribution in [2.24, 2.45) is 0 Å². The molecule has 0 aliphatic heterocycles. The normalized spacial score (nSPS) is 10.2. The Kier molecular flexibility index (Phi) is 3.92. The third-order valence-electron chi connectivity index (χ3n) is 3.66. The minimum absolute atomic E-state index is 0.647. The van der Waals surface area contributed by atoms with E-state index in [4.69, 9.17) is 11.5 Å². The molecule has 0 aromatic heterocycles. The molecule has 2 nitrogen and oxygen atoms in total. The fourth-order valence-corrected chi connectivity index (χ4v) is 2.45. The Morgan fingerprint density at radius 2 is 0.909 bits per heavy atom. The maximum absolute atomic E-state index is 5.79. The van der Waals surface area contributed by atoms with E-state index in [0.717, 1.165) is 10.8 Å². The van der Waals surface area contributed by atoms with Crippen molar-refractivity contribution in [3.05, 3.63) is 84.9 Å². The van der Waals surface area contributed by atoms with Crippen LogP contribution in [-0.4, -0.2) is 0 Å². The molecule has 108 valence electrons. The lowest BCUT2D eigenvalue weighted by Gasteiger charge is -2.03. The van der Waals surface area contributed by atoms with E-state index in [1.807, 2.05) is 36.4 Å². The molecule has 0 spiro atoms. The highest BCUT2D eigenvalue weighted by Gasteiger charge is 1.98. The van der Waals surface area contributed by atoms with E-state index >= 15 is 0 Å². The second kappa shape index (κ2) is 6.19. The maximum Gasteiger partial charge on any atom is 0.0627 e. The number of rotatable bonds is 0. The molecule has 0 saturated heterocycles. The van der Waals surface area contributed by atoms with Crippen LogP contribution in [0.15, 0.2) is 84.9 Å². The number of anilines is 2. The zero-order valence-corrected chi connectivity index (χ0v) is 12.2. The lowest BCUT2D eigenvalue weighted by Crippen LogP contribution is -1.94. The quantitative estimate of drug-likeness (QED) is 0.454. The Bertz CT molecular complexity index is 848. The molecule has 4 aromatic carbocycles. The molecule has 0 aliphatic rings. The van der Waals surface area contributed by atoms with Crippen LogP contribution in [0.2, 0.25) is 0 Å². The number of benzene rings is 4. The molecule has 0 amide bonds. The summed E-state index contributed by atoms with van der Waals surface area (Å²) in [5, 5.41) is 4.77. The van der Waals surface area contributed by atoms with Crippen molar-refractivity contribution in [2.45, 2.75) is 0 Å². The Morgan fingerprint density at radius 1 is 0.455 bits per heavy atom. The molecule has 4 N–H and O–H groups in total. The summed E-state index contributed by atoms with van der Waals surface area (Å²) in [6.45, 7) is 0. The summed E-state index contributed by atoms with van der Waals surface area (Å²) >= 11 is 0. The van der Waals surface area contributed by atoms with E-state index in [0.29, 0.717) is 11.4 Å². The van der Waals surface area contributed by atoms with Gasteiger partial charge in [-0.1, -0.05) is 78.9 Å². The summed E-state index contributed by atoms with van der Waals surface area (Å²) in [6.07, 6.45) is 0. The minimum atomic E-state index is 0.647. The second-order valence-corrected chi connectivity index (χ2v) is 5.14. The van der Waals surface area contributed by atoms with Crippen LogP contribution in [0.25, 0.3) is 21.5 Å². The molecule has 0 aliphatic carbocycles. The van der Waals surface area contributed by atoms with E-state index in [1.165, 1.54) is 10.8 Å². The molecule has 0 unspecified atom stereocenters. The van der Waals surface area contributed by atoms with Crippen molar-refractivity contribution >= 4 is 32.9 Å². The summed E-state index contributed by atoms with van der Waals surface area (Å²) in [4.78, 5) is 0. The van der Waals surface area contributed by atoms with Crippen LogP contribution in [0.5, 0.6) is 0 Å². The number of nitrogen functional groups attached to an aromatic ring is 2. The van der Waals surface area contributed by atoms with Gasteiger partial charge < -0.3 is 11.5 Å². The maximum atomic E-state index is 5.79. The van der Waals surface area contributed by atoms with Crippen molar-refractivity contribution in [3.63, 3.8) is 0 Å². The smallest absolute Gasteiger partial charge is 0.0627 e. The van der Waals surface area contributed by atoms with Gasteiger partial charge in [0.2, 0.25) is 0 Å². The third kappa shape index (κ3) is 2.86. The van der Waals surface area contributed by atoms with Gasteiger partial charge in [0.1, 0.15) is 0 Å². The first-order chi connectivity index (χ1) is 10.8. The van der Waals surface area contributed by atoms with Gasteiger partial charge in [-0.05, 0) is 22.2 Å². The fraction of sp³-hybridized carbons (Fsp3) is 0. The predicted octanol–water partition coefficient (Wildman–Crippen LogP) is 4.84. The first-order valence-electron chi connectivity index (χ1n) is 7.22. The molecule has 0 fully saturated rings. The summed E-state index contributed by atoms with van der Waals surface area (Å²) in [5.74, 6) is 0. The van der Waals surface area contributed by atoms with Gasteiger partial charge in [0, 0.05) is 5.39 Å². The fourth-order valence-electron chi connectivity index (χ4n) is 2.45. The molecule has 0 bridgehead atoms. The van der Waals surface area contributed by atoms with Gasteiger partial charge in [-0.25, -0.2) is 0 Å². The highest BCUT2D eigenvalue weighted by Crippen LogP contribution is 2.25. The zero-order valence-electron chi connectivity index (χ0n) is 12.2. The molecular formula is C20H18N2. The molecule has 0 radical (unpaired) electrons. The van der Waals surface area contributed by atoms with E-state index in [-0.39, 0.29) is 0 Å². The van der Waals surface area contributed by atoms with E-state index in [2.05, 4.69) is 48.5 Å². The summed E-state index contributed by atoms with van der Waals surface area (Å²) in [5.41, 5.74) is 12.8. The summed E-state index contributed by atoms with van der Waals surface area (Å²) < 4.78 is 0. The number of fused-ring (bicyclic) bond motifs is 2. The highest BCUT2D eigenvalue weighted by molar-refractivity contribution is 5.98. The number of nitrogens with two attached hydrogens (primary N) is 2. The molecule has 4 aromatic rings. The first-order valence-corrected chi connectivity index (χ1v) is 7.22. The van der Waals surface area contributed by atoms with Crippen LogP contribution in [-0.2, 0) is 0 Å². The van der Waals surface area contributed by atoms with Crippen LogP contribution in [0.3, 0.4) is 0 Å². The van der Waals surface area contributed by atoms with Crippen molar-refractivity contribution < 1.29 is 0 Å². The largest absolute Gasteiger partial charge is 0.397 e. The standard InChI is InChI=1S/C10H10N2.C10H8/c11-9-6-5-7-3-1-2-4-8(7)10(9)12;1-2-6-10-8-4-3-7-9(10)5-1/h1-6H,11-12H2;1-8H. The van der Waals surface area contributed by atoms with Gasteiger partial charge in [-0.2, -0.15) is 0 Å². The topological polar surface area (TPSA) is 52.0 Å². The van der Waals surface area contributed by atoms with Gasteiger partial charge in [0.25, 0.3) is 0 Å². The molecule has 0 heterocycles. The minimum Gasteiger partial charge on any atom is -0.397 e. The molecule has 2 heteroatoms. The van der Waals surface area contributed by atoms with E-state index < -0.39 is 0 Å². The lowest BCUT2D eigenvalue weighted by atomic mass is 10.1. The van der Waals surface area contributed by atoms with Gasteiger partial charge in [0.05, 0.1) is 11.4 Å². The highest BCUT2D eigenvalue weighted by atomic mass is 14.7.